The maximum absolute atomic E-state index is 5.88. The van der Waals surface area contributed by atoms with Gasteiger partial charge < -0.3 is 10.6 Å². The van der Waals surface area contributed by atoms with E-state index in [4.69, 9.17) is 5.73 Å². The van der Waals surface area contributed by atoms with Crippen molar-refractivity contribution < 1.29 is 0 Å². The lowest BCUT2D eigenvalue weighted by Crippen LogP contribution is -2.41. The second-order valence-electron chi connectivity index (χ2n) is 8.78. The minimum absolute atomic E-state index is 0.249. The predicted molar refractivity (Wildman–Crippen MR) is 89.9 cm³/mol. The van der Waals surface area contributed by atoms with Crippen molar-refractivity contribution >= 4 is 0 Å². The van der Waals surface area contributed by atoms with Crippen LogP contribution in [0.25, 0.3) is 0 Å². The van der Waals surface area contributed by atoms with Crippen LogP contribution >= 0.6 is 0 Å². The number of nitrogens with zero attached hydrogens (tertiary/aromatic N) is 1. The third kappa shape index (κ3) is 5.73. The topological polar surface area (TPSA) is 29.3 Å². The highest BCUT2D eigenvalue weighted by atomic mass is 15.1. The zero-order valence-corrected chi connectivity index (χ0v) is 14.8. The van der Waals surface area contributed by atoms with Gasteiger partial charge in [-0.3, -0.25) is 0 Å². The predicted octanol–water partition coefficient (Wildman–Crippen LogP) is 4.15. The van der Waals surface area contributed by atoms with Crippen LogP contribution in [0.3, 0.4) is 0 Å². The van der Waals surface area contributed by atoms with Crippen molar-refractivity contribution in [3.05, 3.63) is 0 Å². The average molecular weight is 283 g/mol. The molecule has 0 aromatic carbocycles. The molecule has 1 aliphatic carbocycles. The highest BCUT2D eigenvalue weighted by Crippen LogP contribution is 2.40. The molecule has 2 heteroatoms. The third-order valence-electron chi connectivity index (χ3n) is 5.24. The Bertz CT molecular complexity index is 270. The Morgan fingerprint density at radius 3 is 1.95 bits per heavy atom. The summed E-state index contributed by atoms with van der Waals surface area (Å²) >= 11 is 0. The standard InChI is InChI=1S/C18H38N2/c1-7-20(14-18(5,6)13-19)12-15-8-10-16(11-9-15)17(2,3)4/h15-16H,7-14,19H2,1-6H3. The molecule has 0 radical (unpaired) electrons. The van der Waals surface area contributed by atoms with Crippen LogP contribution in [0.15, 0.2) is 0 Å². The van der Waals surface area contributed by atoms with E-state index in [0.29, 0.717) is 5.41 Å². The van der Waals surface area contributed by atoms with E-state index in [1.54, 1.807) is 0 Å². The van der Waals surface area contributed by atoms with Crippen molar-refractivity contribution in [2.24, 2.45) is 28.4 Å². The molecule has 0 heterocycles. The summed E-state index contributed by atoms with van der Waals surface area (Å²) in [6, 6.07) is 0. The first-order valence-electron chi connectivity index (χ1n) is 8.60. The number of nitrogens with two attached hydrogens (primary N) is 1. The van der Waals surface area contributed by atoms with E-state index in [9.17, 15) is 0 Å². The molecule has 2 N–H and O–H groups in total. The first-order chi connectivity index (χ1) is 9.18. The molecule has 0 spiro atoms. The van der Waals surface area contributed by atoms with Gasteiger partial charge in [0.2, 0.25) is 0 Å². The fourth-order valence-electron chi connectivity index (χ4n) is 3.55. The number of hydrogen-bond acceptors (Lipinski definition) is 2. The van der Waals surface area contributed by atoms with Gasteiger partial charge >= 0.3 is 0 Å². The van der Waals surface area contributed by atoms with Gasteiger partial charge in [-0.15, -0.1) is 0 Å². The smallest absolute Gasteiger partial charge is 0.00447 e. The molecule has 1 fully saturated rings. The van der Waals surface area contributed by atoms with E-state index in [1.165, 1.54) is 32.2 Å². The van der Waals surface area contributed by atoms with Crippen LogP contribution in [-0.2, 0) is 0 Å². The van der Waals surface area contributed by atoms with Gasteiger partial charge in [0.1, 0.15) is 0 Å². The van der Waals surface area contributed by atoms with Gasteiger partial charge in [-0.25, -0.2) is 0 Å². The molecule has 0 bridgehead atoms. The summed E-state index contributed by atoms with van der Waals surface area (Å²) in [5.74, 6) is 1.83. The van der Waals surface area contributed by atoms with Crippen molar-refractivity contribution in [1.29, 1.82) is 0 Å². The maximum atomic E-state index is 5.88. The van der Waals surface area contributed by atoms with Crippen LogP contribution in [0, 0.1) is 22.7 Å². The van der Waals surface area contributed by atoms with Crippen molar-refractivity contribution in [1.82, 2.24) is 4.90 Å². The molecule has 0 aromatic heterocycles. The highest BCUT2D eigenvalue weighted by molar-refractivity contribution is 4.83. The summed E-state index contributed by atoms with van der Waals surface area (Å²) < 4.78 is 0. The molecule has 1 saturated carbocycles. The Morgan fingerprint density at radius 2 is 1.55 bits per heavy atom. The molecule has 0 aliphatic heterocycles. The summed E-state index contributed by atoms with van der Waals surface area (Å²) in [6.07, 6.45) is 5.68. The number of hydrogen-bond donors (Lipinski definition) is 1. The Morgan fingerprint density at radius 1 is 1.00 bits per heavy atom. The van der Waals surface area contributed by atoms with Gasteiger partial charge in [0, 0.05) is 13.1 Å². The van der Waals surface area contributed by atoms with Crippen molar-refractivity contribution in [3.8, 4) is 0 Å². The molecule has 120 valence electrons. The SMILES string of the molecule is CCN(CC1CCC(C(C)(C)C)CC1)CC(C)(C)CN. The summed E-state index contributed by atoms with van der Waals surface area (Å²) in [4.78, 5) is 2.62. The Labute approximate surface area is 127 Å². The summed E-state index contributed by atoms with van der Waals surface area (Å²) in [6.45, 7) is 18.4. The van der Waals surface area contributed by atoms with Gasteiger partial charge in [0.05, 0.1) is 0 Å². The van der Waals surface area contributed by atoms with Crippen LogP contribution in [-0.4, -0.2) is 31.1 Å². The number of rotatable bonds is 6. The lowest BCUT2D eigenvalue weighted by molar-refractivity contribution is 0.110. The van der Waals surface area contributed by atoms with E-state index >= 15 is 0 Å². The van der Waals surface area contributed by atoms with Crippen molar-refractivity contribution in [2.45, 2.75) is 67.2 Å². The Kier molecular flexibility index (Phi) is 6.53. The van der Waals surface area contributed by atoms with Gasteiger partial charge in [0.15, 0.2) is 0 Å². The van der Waals surface area contributed by atoms with Gasteiger partial charge in [0.25, 0.3) is 0 Å². The zero-order chi connectivity index (χ0) is 15.4. The Balaban J connectivity index is 2.41. The maximum Gasteiger partial charge on any atom is 0.00447 e. The van der Waals surface area contributed by atoms with Crippen LogP contribution in [0.1, 0.15) is 67.2 Å². The van der Waals surface area contributed by atoms with E-state index in [1.807, 2.05) is 0 Å². The van der Waals surface area contributed by atoms with Crippen LogP contribution in [0.4, 0.5) is 0 Å². The van der Waals surface area contributed by atoms with Crippen LogP contribution in [0.2, 0.25) is 0 Å². The molecule has 0 aromatic rings. The van der Waals surface area contributed by atoms with Gasteiger partial charge in [-0.2, -0.15) is 0 Å². The third-order valence-corrected chi connectivity index (χ3v) is 5.24. The lowest BCUT2D eigenvalue weighted by atomic mass is 9.70. The average Bonchev–Trinajstić information content (AvgIpc) is 2.37. The van der Waals surface area contributed by atoms with Crippen molar-refractivity contribution in [3.63, 3.8) is 0 Å². The molecule has 0 saturated heterocycles. The Hall–Kier alpha value is -0.0800. The first kappa shape index (κ1) is 18.0. The largest absolute Gasteiger partial charge is 0.330 e. The van der Waals surface area contributed by atoms with E-state index < -0.39 is 0 Å². The quantitative estimate of drug-likeness (QED) is 0.793. The molecule has 0 atom stereocenters. The second-order valence-corrected chi connectivity index (χ2v) is 8.78. The summed E-state index contributed by atoms with van der Waals surface area (Å²) in [5.41, 5.74) is 6.63. The van der Waals surface area contributed by atoms with E-state index in [0.717, 1.165) is 31.5 Å². The summed E-state index contributed by atoms with van der Waals surface area (Å²) in [7, 11) is 0. The zero-order valence-electron chi connectivity index (χ0n) is 14.8. The normalized spacial score (nSPS) is 25.2. The summed E-state index contributed by atoms with van der Waals surface area (Å²) in [5, 5.41) is 0. The molecule has 0 amide bonds. The van der Waals surface area contributed by atoms with Crippen molar-refractivity contribution in [2.75, 3.05) is 26.2 Å². The fourth-order valence-corrected chi connectivity index (χ4v) is 3.55. The van der Waals surface area contributed by atoms with E-state index in [2.05, 4.69) is 46.4 Å². The van der Waals surface area contributed by atoms with Gasteiger partial charge in [-0.1, -0.05) is 41.5 Å². The minimum Gasteiger partial charge on any atom is -0.330 e. The van der Waals surface area contributed by atoms with Crippen LogP contribution in [0.5, 0.6) is 0 Å². The van der Waals surface area contributed by atoms with E-state index in [-0.39, 0.29) is 5.41 Å². The molecule has 1 rings (SSSR count). The molecule has 2 nitrogen and oxygen atoms in total. The monoisotopic (exact) mass is 282 g/mol. The lowest BCUT2D eigenvalue weighted by Gasteiger charge is -2.39. The highest BCUT2D eigenvalue weighted by Gasteiger charge is 2.30. The fraction of sp³-hybridized carbons (Fsp3) is 1.00. The molecular weight excluding hydrogens is 244 g/mol. The molecule has 0 unspecified atom stereocenters. The molecule has 20 heavy (non-hydrogen) atoms. The second kappa shape index (κ2) is 7.26. The molecular formula is C18H38N2. The minimum atomic E-state index is 0.249. The van der Waals surface area contributed by atoms with Crippen LogP contribution < -0.4 is 5.73 Å². The first-order valence-corrected chi connectivity index (χ1v) is 8.60. The van der Waals surface area contributed by atoms with Gasteiger partial charge in [-0.05, 0) is 61.4 Å². The molecule has 1 aliphatic rings.